The summed E-state index contributed by atoms with van der Waals surface area (Å²) in [5.74, 6) is -1.12. The molecule has 0 fully saturated rings. The number of benzene rings is 1. The van der Waals surface area contributed by atoms with Crippen molar-refractivity contribution in [2.24, 2.45) is 0 Å². The molecule has 0 radical (unpaired) electrons. The fourth-order valence-corrected chi connectivity index (χ4v) is 2.20. The van der Waals surface area contributed by atoms with Crippen LogP contribution >= 0.6 is 0 Å². The first-order valence-electron chi connectivity index (χ1n) is 6.75. The Bertz CT molecular complexity index is 607. The van der Waals surface area contributed by atoms with Crippen molar-refractivity contribution in [1.82, 2.24) is 5.32 Å². The van der Waals surface area contributed by atoms with Crippen molar-refractivity contribution in [3.8, 4) is 0 Å². The number of aliphatic hydroxyl groups excluding tert-OH is 1. The molecule has 1 aromatic carbocycles. The van der Waals surface area contributed by atoms with Gasteiger partial charge in [0.05, 0.1) is 12.7 Å². The molecule has 0 spiro atoms. The average Bonchev–Trinajstić information content (AvgIpc) is 2.83. The van der Waals surface area contributed by atoms with E-state index in [9.17, 15) is 15.0 Å². The van der Waals surface area contributed by atoms with Crippen LogP contribution in [-0.2, 0) is 11.3 Å². The molecule has 0 aliphatic rings. The Hall–Kier alpha value is -1.89. The molecule has 3 N–H and O–H groups in total. The van der Waals surface area contributed by atoms with Gasteiger partial charge in [-0.05, 0) is 19.0 Å². The second kappa shape index (κ2) is 7.21. The van der Waals surface area contributed by atoms with Crippen molar-refractivity contribution in [3.63, 3.8) is 0 Å². The van der Waals surface area contributed by atoms with Crippen LogP contribution in [0.25, 0.3) is 11.0 Å². The summed E-state index contributed by atoms with van der Waals surface area (Å²) in [4.78, 5) is 11.2. The zero-order valence-electron chi connectivity index (χ0n) is 11.8. The smallest absolute Gasteiger partial charge is 0.372 e. The van der Waals surface area contributed by atoms with Gasteiger partial charge in [0.15, 0.2) is 0 Å². The zero-order chi connectivity index (χ0) is 15.2. The van der Waals surface area contributed by atoms with Gasteiger partial charge in [-0.1, -0.05) is 18.2 Å². The lowest BCUT2D eigenvalue weighted by molar-refractivity contribution is 0.0593. The van der Waals surface area contributed by atoms with Crippen LogP contribution in [0.1, 0.15) is 22.5 Å². The fourth-order valence-electron chi connectivity index (χ4n) is 2.20. The molecule has 0 aliphatic heterocycles. The molecule has 6 heteroatoms. The van der Waals surface area contributed by atoms with Crippen LogP contribution in [0.5, 0.6) is 0 Å². The second-order valence-corrected chi connectivity index (χ2v) is 4.79. The first-order chi connectivity index (χ1) is 10.1. The number of furan rings is 1. The van der Waals surface area contributed by atoms with E-state index in [1.165, 1.54) is 7.11 Å². The summed E-state index contributed by atoms with van der Waals surface area (Å²) in [5, 5.41) is 22.7. The standard InChI is InChI=1S/C15H19NO5/c1-20-9-10(17)6-7-16-8-12-11-4-2-3-5-13(11)21-14(12)15(18)19/h2-5,10,16-17H,6-9H2,1H3,(H,18,19). The Balaban J connectivity index is 2.03. The minimum absolute atomic E-state index is 0.0406. The summed E-state index contributed by atoms with van der Waals surface area (Å²) >= 11 is 0. The third kappa shape index (κ3) is 3.81. The summed E-state index contributed by atoms with van der Waals surface area (Å²) in [6, 6.07) is 7.22. The first kappa shape index (κ1) is 15.5. The van der Waals surface area contributed by atoms with Crippen LogP contribution in [0, 0.1) is 0 Å². The van der Waals surface area contributed by atoms with E-state index in [0.717, 1.165) is 5.39 Å². The van der Waals surface area contributed by atoms with Crippen LogP contribution < -0.4 is 5.32 Å². The Morgan fingerprint density at radius 3 is 2.90 bits per heavy atom. The van der Waals surface area contributed by atoms with Crippen molar-refractivity contribution >= 4 is 16.9 Å². The van der Waals surface area contributed by atoms with Gasteiger partial charge in [-0.15, -0.1) is 0 Å². The zero-order valence-corrected chi connectivity index (χ0v) is 11.8. The van der Waals surface area contributed by atoms with Crippen LogP contribution in [0.3, 0.4) is 0 Å². The number of rotatable bonds is 8. The largest absolute Gasteiger partial charge is 0.475 e. The highest BCUT2D eigenvalue weighted by Crippen LogP contribution is 2.25. The monoisotopic (exact) mass is 293 g/mol. The summed E-state index contributed by atoms with van der Waals surface area (Å²) in [6.07, 6.45) is 0.00833. The van der Waals surface area contributed by atoms with Crippen LogP contribution in [0.4, 0.5) is 0 Å². The summed E-state index contributed by atoms with van der Waals surface area (Å²) in [6.45, 7) is 1.22. The quantitative estimate of drug-likeness (QED) is 0.641. The van der Waals surface area contributed by atoms with E-state index in [1.807, 2.05) is 12.1 Å². The molecular formula is C15H19NO5. The third-order valence-corrected chi connectivity index (χ3v) is 3.21. The third-order valence-electron chi connectivity index (χ3n) is 3.21. The molecule has 1 aromatic heterocycles. The lowest BCUT2D eigenvalue weighted by Gasteiger charge is -2.09. The van der Waals surface area contributed by atoms with E-state index in [1.54, 1.807) is 12.1 Å². The molecule has 1 heterocycles. The molecule has 6 nitrogen and oxygen atoms in total. The number of aliphatic hydroxyl groups is 1. The van der Waals surface area contributed by atoms with E-state index < -0.39 is 12.1 Å². The molecule has 21 heavy (non-hydrogen) atoms. The van der Waals surface area contributed by atoms with E-state index in [2.05, 4.69) is 5.32 Å². The van der Waals surface area contributed by atoms with Crippen molar-refractivity contribution in [2.75, 3.05) is 20.3 Å². The number of hydrogen-bond donors (Lipinski definition) is 3. The van der Waals surface area contributed by atoms with E-state index in [4.69, 9.17) is 9.15 Å². The van der Waals surface area contributed by atoms with Gasteiger partial charge >= 0.3 is 5.97 Å². The molecule has 0 aliphatic carbocycles. The molecule has 1 atom stereocenters. The lowest BCUT2D eigenvalue weighted by atomic mass is 10.1. The number of carboxylic acids is 1. The van der Waals surface area contributed by atoms with Crippen molar-refractivity contribution in [1.29, 1.82) is 0 Å². The molecule has 2 rings (SSSR count). The maximum atomic E-state index is 11.2. The molecule has 0 saturated heterocycles. The Kier molecular flexibility index (Phi) is 5.32. The van der Waals surface area contributed by atoms with E-state index >= 15 is 0 Å². The van der Waals surface area contributed by atoms with E-state index in [-0.39, 0.29) is 12.4 Å². The number of nitrogens with one attached hydrogen (secondary N) is 1. The number of fused-ring (bicyclic) bond motifs is 1. The van der Waals surface area contributed by atoms with Gasteiger partial charge in [0.25, 0.3) is 0 Å². The topological polar surface area (TPSA) is 91.9 Å². The summed E-state index contributed by atoms with van der Waals surface area (Å²) < 4.78 is 10.2. The molecule has 0 bridgehead atoms. The summed E-state index contributed by atoms with van der Waals surface area (Å²) in [7, 11) is 1.54. The molecule has 0 saturated carbocycles. The van der Waals surface area contributed by atoms with Gasteiger partial charge in [0, 0.05) is 24.6 Å². The maximum absolute atomic E-state index is 11.2. The maximum Gasteiger partial charge on any atom is 0.372 e. The Labute approximate surface area is 122 Å². The number of carboxylic acid groups (broad SMARTS) is 1. The number of hydrogen-bond acceptors (Lipinski definition) is 5. The predicted octanol–water partition coefficient (Wildman–Crippen LogP) is 1.62. The van der Waals surface area contributed by atoms with Crippen molar-refractivity contribution in [2.45, 2.75) is 19.1 Å². The van der Waals surface area contributed by atoms with Crippen molar-refractivity contribution in [3.05, 3.63) is 35.6 Å². The van der Waals surface area contributed by atoms with Crippen LogP contribution in [-0.4, -0.2) is 42.5 Å². The molecule has 0 amide bonds. The van der Waals surface area contributed by atoms with E-state index in [0.29, 0.717) is 30.7 Å². The number of aromatic carboxylic acids is 1. The highest BCUT2D eigenvalue weighted by molar-refractivity contribution is 5.95. The Morgan fingerprint density at radius 2 is 2.19 bits per heavy atom. The van der Waals surface area contributed by atoms with Crippen LogP contribution in [0.15, 0.2) is 28.7 Å². The average molecular weight is 293 g/mol. The number of ether oxygens (including phenoxy) is 1. The predicted molar refractivity (Wildman–Crippen MR) is 77.4 cm³/mol. The van der Waals surface area contributed by atoms with Crippen molar-refractivity contribution < 1.29 is 24.2 Å². The van der Waals surface area contributed by atoms with Gasteiger partial charge in [-0.25, -0.2) is 4.79 Å². The van der Waals surface area contributed by atoms with Crippen LogP contribution in [0.2, 0.25) is 0 Å². The molecule has 2 aromatic rings. The molecule has 114 valence electrons. The van der Waals surface area contributed by atoms with Gasteiger partial charge in [-0.3, -0.25) is 0 Å². The number of methoxy groups -OCH3 is 1. The molecular weight excluding hydrogens is 274 g/mol. The van der Waals surface area contributed by atoms with Gasteiger partial charge < -0.3 is 24.7 Å². The SMILES string of the molecule is COCC(O)CCNCc1c(C(=O)O)oc2ccccc12. The lowest BCUT2D eigenvalue weighted by Crippen LogP contribution is -2.23. The van der Waals surface area contributed by atoms with Gasteiger partial charge in [0.1, 0.15) is 5.58 Å². The molecule has 1 unspecified atom stereocenters. The highest BCUT2D eigenvalue weighted by Gasteiger charge is 2.19. The first-order valence-corrected chi connectivity index (χ1v) is 6.75. The van der Waals surface area contributed by atoms with Gasteiger partial charge in [-0.2, -0.15) is 0 Å². The number of carbonyl (C=O) groups is 1. The second-order valence-electron chi connectivity index (χ2n) is 4.79. The summed E-state index contributed by atoms with van der Waals surface area (Å²) in [5.41, 5.74) is 1.19. The fraction of sp³-hybridized carbons (Fsp3) is 0.400. The minimum atomic E-state index is -1.08. The minimum Gasteiger partial charge on any atom is -0.475 e. The highest BCUT2D eigenvalue weighted by atomic mass is 16.5. The normalized spacial score (nSPS) is 12.7. The van der Waals surface area contributed by atoms with Gasteiger partial charge in [0.2, 0.25) is 5.76 Å². The number of para-hydroxylation sites is 1. The Morgan fingerprint density at radius 1 is 1.43 bits per heavy atom.